The van der Waals surface area contributed by atoms with Crippen molar-refractivity contribution in [3.05, 3.63) is 23.9 Å². The van der Waals surface area contributed by atoms with E-state index in [4.69, 9.17) is 5.26 Å². The summed E-state index contributed by atoms with van der Waals surface area (Å²) < 4.78 is 0. The van der Waals surface area contributed by atoms with Gasteiger partial charge in [0.1, 0.15) is 11.9 Å². The van der Waals surface area contributed by atoms with Crippen molar-refractivity contribution in [3.8, 4) is 6.07 Å². The van der Waals surface area contributed by atoms with Crippen LogP contribution in [-0.2, 0) is 0 Å². The first-order valence-corrected chi connectivity index (χ1v) is 5.83. The first kappa shape index (κ1) is 10.9. The third-order valence-electron chi connectivity index (χ3n) is 2.95. The minimum absolute atomic E-state index is 0.459. The van der Waals surface area contributed by atoms with E-state index in [-0.39, 0.29) is 0 Å². The van der Waals surface area contributed by atoms with Crippen LogP contribution in [-0.4, -0.2) is 17.6 Å². The Labute approximate surface area is 96.7 Å². The van der Waals surface area contributed by atoms with Gasteiger partial charge in [0.05, 0.1) is 5.56 Å². The molecule has 1 aliphatic carbocycles. The standard InChI is InChI=1S/C13H17N3/c1-10(2)16(9-11-3-4-11)13-6-5-12(7-14)8-15-13/h5-6,8,10-11H,3-4,9H2,1-2H3. The fraction of sp³-hybridized carbons (Fsp3) is 0.538. The second-order valence-corrected chi connectivity index (χ2v) is 4.71. The van der Waals surface area contributed by atoms with E-state index < -0.39 is 0 Å². The summed E-state index contributed by atoms with van der Waals surface area (Å²) in [5.74, 6) is 1.83. The van der Waals surface area contributed by atoms with E-state index in [2.05, 4.69) is 29.8 Å². The average molecular weight is 215 g/mol. The van der Waals surface area contributed by atoms with Crippen LogP contribution in [0.3, 0.4) is 0 Å². The van der Waals surface area contributed by atoms with Gasteiger partial charge < -0.3 is 4.90 Å². The van der Waals surface area contributed by atoms with Crippen molar-refractivity contribution in [1.29, 1.82) is 5.26 Å². The largest absolute Gasteiger partial charge is 0.354 e. The summed E-state index contributed by atoms with van der Waals surface area (Å²) in [6.07, 6.45) is 4.34. The highest BCUT2D eigenvalue weighted by atomic mass is 15.2. The lowest BCUT2D eigenvalue weighted by atomic mass is 10.2. The molecule has 0 aromatic carbocycles. The van der Waals surface area contributed by atoms with Crippen molar-refractivity contribution in [1.82, 2.24) is 4.98 Å². The van der Waals surface area contributed by atoms with E-state index in [1.807, 2.05) is 12.1 Å². The predicted molar refractivity (Wildman–Crippen MR) is 64.2 cm³/mol. The third kappa shape index (κ3) is 2.52. The lowest BCUT2D eigenvalue weighted by Crippen LogP contribution is -2.33. The van der Waals surface area contributed by atoms with Crippen molar-refractivity contribution < 1.29 is 0 Å². The zero-order valence-electron chi connectivity index (χ0n) is 9.85. The topological polar surface area (TPSA) is 39.9 Å². The summed E-state index contributed by atoms with van der Waals surface area (Å²) in [6, 6.07) is 6.34. The van der Waals surface area contributed by atoms with Crippen molar-refractivity contribution in [2.45, 2.75) is 32.7 Å². The van der Waals surface area contributed by atoms with Crippen LogP contribution in [0.1, 0.15) is 32.3 Å². The average Bonchev–Trinajstić information content (AvgIpc) is 3.09. The molecule has 0 bridgehead atoms. The molecule has 0 atom stereocenters. The van der Waals surface area contributed by atoms with Crippen LogP contribution < -0.4 is 4.90 Å². The molecule has 1 saturated carbocycles. The van der Waals surface area contributed by atoms with Gasteiger partial charge in [-0.2, -0.15) is 5.26 Å². The van der Waals surface area contributed by atoms with Gasteiger partial charge in [-0.15, -0.1) is 0 Å². The van der Waals surface area contributed by atoms with E-state index in [1.165, 1.54) is 12.8 Å². The molecule has 0 spiro atoms. The highest BCUT2D eigenvalue weighted by molar-refractivity contribution is 5.42. The van der Waals surface area contributed by atoms with Crippen LogP contribution in [0, 0.1) is 17.2 Å². The van der Waals surface area contributed by atoms with Gasteiger partial charge >= 0.3 is 0 Å². The Balaban J connectivity index is 2.13. The van der Waals surface area contributed by atoms with Gasteiger partial charge in [-0.25, -0.2) is 4.98 Å². The van der Waals surface area contributed by atoms with Crippen LogP contribution in [0.5, 0.6) is 0 Å². The molecule has 1 aliphatic rings. The quantitative estimate of drug-likeness (QED) is 0.775. The molecule has 16 heavy (non-hydrogen) atoms. The first-order valence-electron chi connectivity index (χ1n) is 5.83. The zero-order chi connectivity index (χ0) is 11.5. The summed E-state index contributed by atoms with van der Waals surface area (Å²) in [5.41, 5.74) is 0.624. The van der Waals surface area contributed by atoms with E-state index in [9.17, 15) is 0 Å². The molecule has 1 aromatic rings. The SMILES string of the molecule is CC(C)N(CC1CC1)c1ccc(C#N)cn1. The highest BCUT2D eigenvalue weighted by Gasteiger charge is 2.26. The van der Waals surface area contributed by atoms with Gasteiger partial charge in [-0.05, 0) is 44.7 Å². The maximum atomic E-state index is 8.73. The molecule has 0 aliphatic heterocycles. The van der Waals surface area contributed by atoms with Crippen LogP contribution in [0.4, 0.5) is 5.82 Å². The molecule has 0 unspecified atom stereocenters. The predicted octanol–water partition coefficient (Wildman–Crippen LogP) is 2.58. The minimum atomic E-state index is 0.459. The molecule has 1 aromatic heterocycles. The molecule has 0 amide bonds. The number of hydrogen-bond donors (Lipinski definition) is 0. The lowest BCUT2D eigenvalue weighted by Gasteiger charge is -2.27. The molecule has 2 rings (SSSR count). The molecular weight excluding hydrogens is 198 g/mol. The normalized spacial score (nSPS) is 14.9. The third-order valence-corrected chi connectivity index (χ3v) is 2.95. The second kappa shape index (κ2) is 4.52. The van der Waals surface area contributed by atoms with Gasteiger partial charge in [-0.1, -0.05) is 0 Å². The number of hydrogen-bond acceptors (Lipinski definition) is 3. The summed E-state index contributed by atoms with van der Waals surface area (Å²) in [4.78, 5) is 6.67. The number of pyridine rings is 1. The number of anilines is 1. The van der Waals surface area contributed by atoms with Gasteiger partial charge in [0, 0.05) is 18.8 Å². The Morgan fingerprint density at radius 2 is 2.25 bits per heavy atom. The fourth-order valence-electron chi connectivity index (χ4n) is 1.77. The van der Waals surface area contributed by atoms with Crippen LogP contribution in [0.2, 0.25) is 0 Å². The van der Waals surface area contributed by atoms with Crippen LogP contribution >= 0.6 is 0 Å². The summed E-state index contributed by atoms with van der Waals surface area (Å²) in [5, 5.41) is 8.73. The van der Waals surface area contributed by atoms with Crippen molar-refractivity contribution in [2.75, 3.05) is 11.4 Å². The van der Waals surface area contributed by atoms with E-state index in [0.29, 0.717) is 11.6 Å². The van der Waals surface area contributed by atoms with Gasteiger partial charge in [0.25, 0.3) is 0 Å². The van der Waals surface area contributed by atoms with Gasteiger partial charge in [0.15, 0.2) is 0 Å². The number of rotatable bonds is 4. The number of nitriles is 1. The van der Waals surface area contributed by atoms with E-state index in [1.54, 1.807) is 6.20 Å². The molecule has 0 N–H and O–H groups in total. The highest BCUT2D eigenvalue weighted by Crippen LogP contribution is 2.31. The second-order valence-electron chi connectivity index (χ2n) is 4.71. The van der Waals surface area contributed by atoms with Gasteiger partial charge in [-0.3, -0.25) is 0 Å². The smallest absolute Gasteiger partial charge is 0.128 e. The van der Waals surface area contributed by atoms with Crippen molar-refractivity contribution >= 4 is 5.82 Å². The Morgan fingerprint density at radius 1 is 1.50 bits per heavy atom. The molecular formula is C13H17N3. The first-order chi connectivity index (χ1) is 7.70. The summed E-state index contributed by atoms with van der Waals surface area (Å²) >= 11 is 0. The minimum Gasteiger partial charge on any atom is -0.354 e. The van der Waals surface area contributed by atoms with Crippen molar-refractivity contribution in [2.24, 2.45) is 5.92 Å². The Bertz CT molecular complexity index is 385. The number of nitrogens with zero attached hydrogens (tertiary/aromatic N) is 3. The molecule has 3 heteroatoms. The lowest BCUT2D eigenvalue weighted by molar-refractivity contribution is 0.637. The van der Waals surface area contributed by atoms with Crippen LogP contribution in [0.15, 0.2) is 18.3 Å². The molecule has 3 nitrogen and oxygen atoms in total. The zero-order valence-corrected chi connectivity index (χ0v) is 9.85. The maximum Gasteiger partial charge on any atom is 0.128 e. The number of aromatic nitrogens is 1. The molecule has 0 saturated heterocycles. The Morgan fingerprint density at radius 3 is 2.69 bits per heavy atom. The molecule has 84 valence electrons. The van der Waals surface area contributed by atoms with Gasteiger partial charge in [0.2, 0.25) is 0 Å². The van der Waals surface area contributed by atoms with Crippen LogP contribution in [0.25, 0.3) is 0 Å². The molecule has 1 heterocycles. The summed E-state index contributed by atoms with van der Waals surface area (Å²) in [6.45, 7) is 5.46. The molecule has 1 fully saturated rings. The summed E-state index contributed by atoms with van der Waals surface area (Å²) in [7, 11) is 0. The maximum absolute atomic E-state index is 8.73. The van der Waals surface area contributed by atoms with Crippen molar-refractivity contribution in [3.63, 3.8) is 0 Å². The monoisotopic (exact) mass is 215 g/mol. The molecule has 0 radical (unpaired) electrons. The van der Waals surface area contributed by atoms with E-state index in [0.717, 1.165) is 18.3 Å². The van der Waals surface area contributed by atoms with E-state index >= 15 is 0 Å². The fourth-order valence-corrected chi connectivity index (χ4v) is 1.77. The Kier molecular flexibility index (Phi) is 3.09. The Hall–Kier alpha value is -1.56.